The Kier molecular flexibility index (Phi) is 7.85. The number of pyridine rings is 1. The number of methoxy groups -OCH3 is 1. The van der Waals surface area contributed by atoms with Crippen LogP contribution in [0.5, 0.6) is 6.01 Å². The topological polar surface area (TPSA) is 126 Å². The molecule has 3 aromatic heterocycles. The number of ether oxygens (including phenoxy) is 2. The van der Waals surface area contributed by atoms with Gasteiger partial charge in [-0.15, -0.1) is 0 Å². The molecule has 1 fully saturated rings. The van der Waals surface area contributed by atoms with Crippen LogP contribution >= 0.6 is 0 Å². The summed E-state index contributed by atoms with van der Waals surface area (Å²) in [5, 5.41) is 11.4. The largest absolute Gasteiger partial charge is 0.458 e. The van der Waals surface area contributed by atoms with Crippen molar-refractivity contribution in [3.05, 3.63) is 35.9 Å². The Labute approximate surface area is 211 Å². The lowest BCUT2D eigenvalue weighted by atomic mass is 9.88. The van der Waals surface area contributed by atoms with Crippen LogP contribution in [0.2, 0.25) is 0 Å². The number of nitrogens with zero attached hydrogens (tertiary/aromatic N) is 5. The Bertz CT molecular complexity index is 1180. The smallest absolute Gasteiger partial charge is 0.322 e. The van der Waals surface area contributed by atoms with Gasteiger partial charge >= 0.3 is 6.01 Å². The van der Waals surface area contributed by atoms with Crippen molar-refractivity contribution in [3.8, 4) is 6.01 Å². The molecule has 0 unspecified atom stereocenters. The first-order chi connectivity index (χ1) is 17.2. The first-order valence-corrected chi connectivity index (χ1v) is 12.5. The van der Waals surface area contributed by atoms with Crippen LogP contribution in [0, 0.1) is 5.92 Å². The molecule has 1 aliphatic heterocycles. The second-order valence-corrected chi connectivity index (χ2v) is 10.2. The highest BCUT2D eigenvalue weighted by molar-refractivity contribution is 5.93. The van der Waals surface area contributed by atoms with Gasteiger partial charge in [0.05, 0.1) is 12.2 Å². The van der Waals surface area contributed by atoms with Crippen molar-refractivity contribution >= 4 is 22.8 Å². The number of anilines is 1. The molecule has 2 atom stereocenters. The molecule has 1 saturated heterocycles. The van der Waals surface area contributed by atoms with Gasteiger partial charge in [0.25, 0.3) is 0 Å². The Morgan fingerprint density at radius 2 is 2.00 bits per heavy atom. The van der Waals surface area contributed by atoms with E-state index in [0.29, 0.717) is 18.5 Å². The van der Waals surface area contributed by atoms with Gasteiger partial charge in [0.1, 0.15) is 11.8 Å². The highest BCUT2D eigenvalue weighted by Gasteiger charge is 2.29. The predicted molar refractivity (Wildman–Crippen MR) is 136 cm³/mol. The molecule has 2 N–H and O–H groups in total. The lowest BCUT2D eigenvalue weighted by Crippen LogP contribution is -2.35. The molecular formula is C26H36N6O4. The minimum absolute atomic E-state index is 0.0561. The van der Waals surface area contributed by atoms with Gasteiger partial charge in [-0.1, -0.05) is 6.92 Å². The first-order valence-electron chi connectivity index (χ1n) is 12.5. The zero-order valence-electron chi connectivity index (χ0n) is 21.7. The maximum absolute atomic E-state index is 13.1. The van der Waals surface area contributed by atoms with Crippen LogP contribution in [0.4, 0.5) is 5.95 Å². The number of carbonyl (C=O) groups excluding carboxylic acids is 1. The summed E-state index contributed by atoms with van der Waals surface area (Å²) < 4.78 is 11.0. The third-order valence-corrected chi connectivity index (χ3v) is 6.96. The number of fused-ring (bicyclic) bond motifs is 1. The molecule has 4 rings (SSSR count). The standard InChI is InChI=1S/C26H36N6O4/c1-16(26(3,4)34)13-21(33)23-29-24(31-25(30-23)36-17(2)15-35-5)32-11-8-18(9-12-32)20-14-28-22-19(20)7-6-10-27-22/h6-7,10,14,16-18,34H,8-9,11-13,15H2,1-5H3,(H,27,28)/t16-,17+/m0/s1. The van der Waals surface area contributed by atoms with Gasteiger partial charge in [-0.25, -0.2) is 4.98 Å². The number of piperidine rings is 1. The van der Waals surface area contributed by atoms with E-state index >= 15 is 0 Å². The summed E-state index contributed by atoms with van der Waals surface area (Å²) in [5.41, 5.74) is 1.20. The summed E-state index contributed by atoms with van der Waals surface area (Å²) in [5.74, 6) is 0.373. The highest BCUT2D eigenvalue weighted by atomic mass is 16.5. The van der Waals surface area contributed by atoms with Gasteiger partial charge < -0.3 is 24.5 Å². The third kappa shape index (κ3) is 5.99. The fraction of sp³-hybridized carbons (Fsp3) is 0.577. The average molecular weight is 497 g/mol. The first kappa shape index (κ1) is 26.0. The maximum atomic E-state index is 13.1. The quantitative estimate of drug-likeness (QED) is 0.405. The SMILES string of the molecule is COC[C@@H](C)Oc1nc(C(=O)C[C@H](C)C(C)(C)O)nc(N2CCC(c3c[nH]c4ncccc34)CC2)n1. The number of H-pyrrole nitrogens is 1. The second-order valence-electron chi connectivity index (χ2n) is 10.2. The van der Waals surface area contributed by atoms with Crippen LogP contribution in [0.1, 0.15) is 69.1 Å². The van der Waals surface area contributed by atoms with Crippen LogP contribution in [-0.2, 0) is 4.74 Å². The van der Waals surface area contributed by atoms with E-state index in [1.54, 1.807) is 27.2 Å². The van der Waals surface area contributed by atoms with Gasteiger partial charge in [-0.2, -0.15) is 15.0 Å². The summed E-state index contributed by atoms with van der Waals surface area (Å²) >= 11 is 0. The van der Waals surface area contributed by atoms with Crippen LogP contribution in [0.15, 0.2) is 24.5 Å². The van der Waals surface area contributed by atoms with Crippen molar-refractivity contribution in [1.82, 2.24) is 24.9 Å². The molecule has 194 valence electrons. The number of nitrogens with one attached hydrogen (secondary N) is 1. The summed E-state index contributed by atoms with van der Waals surface area (Å²) in [6.45, 7) is 8.92. The molecule has 36 heavy (non-hydrogen) atoms. The van der Waals surface area contributed by atoms with E-state index in [2.05, 4.69) is 42.1 Å². The van der Waals surface area contributed by atoms with Gasteiger partial charge in [0.2, 0.25) is 17.6 Å². The average Bonchev–Trinajstić information content (AvgIpc) is 3.27. The van der Waals surface area contributed by atoms with Crippen molar-refractivity contribution < 1.29 is 19.4 Å². The number of carbonyl (C=O) groups is 1. The zero-order chi connectivity index (χ0) is 25.9. The molecular weight excluding hydrogens is 460 g/mol. The van der Waals surface area contributed by atoms with Crippen molar-refractivity contribution in [2.45, 2.75) is 64.6 Å². The fourth-order valence-corrected chi connectivity index (χ4v) is 4.44. The fourth-order valence-electron chi connectivity index (χ4n) is 4.44. The second kappa shape index (κ2) is 10.9. The third-order valence-electron chi connectivity index (χ3n) is 6.96. The van der Waals surface area contributed by atoms with Gasteiger partial charge in [-0.05, 0) is 63.1 Å². The summed E-state index contributed by atoms with van der Waals surface area (Å²) in [4.78, 5) is 36.2. The Hall–Kier alpha value is -3.11. The number of ketones is 1. The molecule has 4 heterocycles. The van der Waals surface area contributed by atoms with Crippen molar-refractivity contribution in [2.24, 2.45) is 5.92 Å². The molecule has 0 radical (unpaired) electrons. The normalized spacial score (nSPS) is 16.8. The summed E-state index contributed by atoms with van der Waals surface area (Å²) in [6, 6.07) is 4.17. The number of rotatable bonds is 10. The minimum Gasteiger partial charge on any atom is -0.458 e. The van der Waals surface area contributed by atoms with Gasteiger partial charge in [0, 0.05) is 44.4 Å². The van der Waals surface area contributed by atoms with E-state index in [1.807, 2.05) is 19.9 Å². The van der Waals surface area contributed by atoms with Crippen molar-refractivity contribution in [1.29, 1.82) is 0 Å². The number of aromatic amines is 1. The monoisotopic (exact) mass is 496 g/mol. The van der Waals surface area contributed by atoms with E-state index in [9.17, 15) is 9.90 Å². The lowest BCUT2D eigenvalue weighted by molar-refractivity contribution is 0.0211. The summed E-state index contributed by atoms with van der Waals surface area (Å²) in [7, 11) is 1.60. The van der Waals surface area contributed by atoms with E-state index in [0.717, 1.165) is 37.0 Å². The number of Topliss-reactive ketones (excluding diaryl/α,β-unsaturated/α-hetero) is 1. The maximum Gasteiger partial charge on any atom is 0.322 e. The molecule has 10 heteroatoms. The van der Waals surface area contributed by atoms with Crippen LogP contribution in [0.3, 0.4) is 0 Å². The Morgan fingerprint density at radius 1 is 1.25 bits per heavy atom. The molecule has 0 bridgehead atoms. The van der Waals surface area contributed by atoms with Crippen molar-refractivity contribution in [3.63, 3.8) is 0 Å². The van der Waals surface area contributed by atoms with E-state index in [1.165, 1.54) is 5.56 Å². The molecule has 0 amide bonds. The number of aromatic nitrogens is 5. The molecule has 0 aliphatic carbocycles. The van der Waals surface area contributed by atoms with Gasteiger partial charge in [0.15, 0.2) is 0 Å². The molecule has 3 aromatic rings. The molecule has 0 saturated carbocycles. The molecule has 0 aromatic carbocycles. The predicted octanol–water partition coefficient (Wildman–Crippen LogP) is 3.53. The Morgan fingerprint density at radius 3 is 2.69 bits per heavy atom. The minimum atomic E-state index is -0.988. The van der Waals surface area contributed by atoms with Crippen LogP contribution in [-0.4, -0.2) is 74.3 Å². The molecule has 0 spiro atoms. The van der Waals surface area contributed by atoms with E-state index in [-0.39, 0.29) is 36.1 Å². The number of hydrogen-bond donors (Lipinski definition) is 2. The van der Waals surface area contributed by atoms with E-state index in [4.69, 9.17) is 9.47 Å². The van der Waals surface area contributed by atoms with Crippen molar-refractivity contribution in [2.75, 3.05) is 31.7 Å². The molecule has 1 aliphatic rings. The van der Waals surface area contributed by atoms with E-state index < -0.39 is 5.60 Å². The summed E-state index contributed by atoms with van der Waals surface area (Å²) in [6.07, 6.45) is 5.53. The van der Waals surface area contributed by atoms with Crippen LogP contribution in [0.25, 0.3) is 11.0 Å². The number of aliphatic hydroxyl groups is 1. The lowest BCUT2D eigenvalue weighted by Gasteiger charge is -2.32. The van der Waals surface area contributed by atoms with Crippen LogP contribution < -0.4 is 9.64 Å². The Balaban J connectivity index is 1.53. The number of hydrogen-bond acceptors (Lipinski definition) is 9. The molecule has 10 nitrogen and oxygen atoms in total. The zero-order valence-corrected chi connectivity index (χ0v) is 21.7. The highest BCUT2D eigenvalue weighted by Crippen LogP contribution is 2.33. The van der Waals surface area contributed by atoms with Gasteiger partial charge in [-0.3, -0.25) is 4.79 Å².